The van der Waals surface area contributed by atoms with E-state index >= 15 is 0 Å². The first-order valence-corrected chi connectivity index (χ1v) is 19.2. The molecule has 4 saturated carbocycles. The Balaban J connectivity index is 1.29. The Hall–Kier alpha value is -2.05. The molecule has 6 aliphatic rings. The van der Waals surface area contributed by atoms with E-state index in [1.807, 2.05) is 13.8 Å². The average Bonchev–Trinajstić information content (AvgIpc) is 3.03. The summed E-state index contributed by atoms with van der Waals surface area (Å²) in [5, 5.41) is 45.3. The first-order chi connectivity index (χ1) is 23.6. The number of hydrogen-bond donors (Lipinski definition) is 4. The number of carboxylic acid groups (broad SMARTS) is 1. The third-order valence-corrected chi connectivity index (χ3v) is 16.2. The van der Waals surface area contributed by atoms with Gasteiger partial charge in [-0.05, 0) is 99.2 Å². The van der Waals surface area contributed by atoms with Crippen molar-refractivity contribution in [3.05, 3.63) is 11.6 Å². The van der Waals surface area contributed by atoms with E-state index in [2.05, 4.69) is 33.8 Å². The molecular formula is C40H62O11. The Labute approximate surface area is 302 Å². The first kappa shape index (κ1) is 38.7. The van der Waals surface area contributed by atoms with Crippen LogP contribution in [0.3, 0.4) is 0 Å². The van der Waals surface area contributed by atoms with Crippen molar-refractivity contribution in [2.45, 2.75) is 163 Å². The number of rotatable bonds is 6. The number of allylic oxidation sites excluding steroid dienone is 2. The molecule has 1 aliphatic heterocycles. The second-order valence-corrected chi connectivity index (χ2v) is 18.9. The third-order valence-electron chi connectivity index (χ3n) is 16.2. The van der Waals surface area contributed by atoms with Crippen molar-refractivity contribution in [1.29, 1.82) is 0 Å². The van der Waals surface area contributed by atoms with Crippen molar-refractivity contribution >= 4 is 17.9 Å². The van der Waals surface area contributed by atoms with Gasteiger partial charge in [-0.25, -0.2) is 0 Å². The molecule has 0 radical (unpaired) electrons. The van der Waals surface area contributed by atoms with Gasteiger partial charge in [0.1, 0.15) is 6.10 Å². The SMILES string of the molecule is CC(=O)O[C@@H]1[C@@H](OC(C)=O)[C@@H](O)[C@H](OC[C@@]2(C)C3CC[C@]4(C)[C@H](CC=C5[C@@H]6C[C@](C)(C(=O)O)CC[C@]6(C)CC[C@]54C)[C@@]3(C)[C@@H](O)C[C@@H]2O)O[C@H]1C. The van der Waals surface area contributed by atoms with Crippen molar-refractivity contribution in [3.63, 3.8) is 0 Å². The van der Waals surface area contributed by atoms with Crippen molar-refractivity contribution in [3.8, 4) is 0 Å². The lowest BCUT2D eigenvalue weighted by molar-refractivity contribution is -0.316. The van der Waals surface area contributed by atoms with E-state index in [1.54, 1.807) is 6.92 Å². The topological polar surface area (TPSA) is 169 Å². The van der Waals surface area contributed by atoms with E-state index < -0.39 is 77.1 Å². The number of aliphatic hydroxyl groups is 3. The smallest absolute Gasteiger partial charge is 0.309 e. The molecule has 0 aromatic heterocycles. The Morgan fingerprint density at radius 2 is 1.49 bits per heavy atom. The fourth-order valence-electron chi connectivity index (χ4n) is 12.6. The Morgan fingerprint density at radius 1 is 0.863 bits per heavy atom. The van der Waals surface area contributed by atoms with E-state index in [0.717, 1.165) is 38.5 Å². The number of carboxylic acids is 1. The highest BCUT2D eigenvalue weighted by molar-refractivity contribution is 5.74. The quantitative estimate of drug-likeness (QED) is 0.211. The van der Waals surface area contributed by atoms with Crippen LogP contribution in [0.4, 0.5) is 0 Å². The zero-order valence-electron chi connectivity index (χ0n) is 32.1. The molecule has 1 saturated heterocycles. The molecule has 5 fully saturated rings. The highest BCUT2D eigenvalue weighted by Gasteiger charge is 2.71. The minimum Gasteiger partial charge on any atom is -0.481 e. The van der Waals surface area contributed by atoms with Crippen molar-refractivity contribution < 1.29 is 53.8 Å². The standard InChI is InChI=1S/C40H62O11/c1-21-31(50-22(2)41)32(51-23(3)42)30(45)33(49-21)48-20-37(6)26-12-13-39(8)27(40(26,9)29(44)18-28(37)43)11-10-24-25-19-36(5,34(46)47)15-14-35(25,4)16-17-38(24,39)7/h10,21,25-33,43-45H,11-20H2,1-9H3,(H,46,47)/t21-,25-,26?,27-,28-,29-,30+,31-,32-,33+,35+,36+,37-,38+,39+,40-/m0/s1. The highest BCUT2D eigenvalue weighted by atomic mass is 16.7. The van der Waals surface area contributed by atoms with Crippen LogP contribution >= 0.6 is 0 Å². The van der Waals surface area contributed by atoms with Gasteiger partial charge in [-0.3, -0.25) is 14.4 Å². The van der Waals surface area contributed by atoms with E-state index in [1.165, 1.54) is 19.4 Å². The summed E-state index contributed by atoms with van der Waals surface area (Å²) in [5.74, 6) is -1.77. The minimum absolute atomic E-state index is 0.0244. The lowest BCUT2D eigenvalue weighted by Gasteiger charge is -2.72. The number of hydrogen-bond acceptors (Lipinski definition) is 10. The number of aliphatic carboxylic acids is 1. The molecule has 51 heavy (non-hydrogen) atoms. The number of fused-ring (bicyclic) bond motifs is 7. The van der Waals surface area contributed by atoms with Crippen LogP contribution < -0.4 is 0 Å². The summed E-state index contributed by atoms with van der Waals surface area (Å²) in [6.07, 6.45) is 2.07. The molecule has 11 nitrogen and oxygen atoms in total. The van der Waals surface area contributed by atoms with E-state index in [4.69, 9.17) is 18.9 Å². The van der Waals surface area contributed by atoms with Crippen LogP contribution in [0.15, 0.2) is 11.6 Å². The van der Waals surface area contributed by atoms with Crippen molar-refractivity contribution in [1.82, 2.24) is 0 Å². The number of aliphatic hydroxyl groups excluding tert-OH is 3. The summed E-state index contributed by atoms with van der Waals surface area (Å²) in [6.45, 7) is 17.4. The Morgan fingerprint density at radius 3 is 2.12 bits per heavy atom. The van der Waals surface area contributed by atoms with Gasteiger partial charge < -0.3 is 39.4 Å². The van der Waals surface area contributed by atoms with Crippen molar-refractivity contribution in [2.75, 3.05) is 6.61 Å². The average molecular weight is 719 g/mol. The van der Waals surface area contributed by atoms with Gasteiger partial charge in [0, 0.05) is 31.1 Å². The molecule has 0 amide bonds. The second-order valence-electron chi connectivity index (χ2n) is 18.9. The van der Waals surface area contributed by atoms with E-state index in [0.29, 0.717) is 12.8 Å². The summed E-state index contributed by atoms with van der Waals surface area (Å²) < 4.78 is 23.1. The van der Waals surface area contributed by atoms with Gasteiger partial charge in [-0.1, -0.05) is 46.3 Å². The summed E-state index contributed by atoms with van der Waals surface area (Å²) in [6, 6.07) is 0. The Kier molecular flexibility index (Phi) is 9.69. The van der Waals surface area contributed by atoms with Crippen LogP contribution in [0.25, 0.3) is 0 Å². The predicted octanol–water partition coefficient (Wildman–Crippen LogP) is 5.17. The molecule has 0 aromatic rings. The fourth-order valence-corrected chi connectivity index (χ4v) is 12.6. The van der Waals surface area contributed by atoms with Gasteiger partial charge in [0.25, 0.3) is 0 Å². The summed E-state index contributed by atoms with van der Waals surface area (Å²) >= 11 is 0. The predicted molar refractivity (Wildman–Crippen MR) is 186 cm³/mol. The number of ether oxygens (including phenoxy) is 4. The molecule has 16 atom stereocenters. The minimum atomic E-state index is -1.45. The maximum Gasteiger partial charge on any atom is 0.309 e. The molecule has 11 heteroatoms. The third kappa shape index (κ3) is 5.73. The molecular weight excluding hydrogens is 656 g/mol. The Bertz CT molecular complexity index is 1450. The maximum atomic E-state index is 12.5. The van der Waals surface area contributed by atoms with Gasteiger partial charge in [0.05, 0.1) is 30.3 Å². The molecule has 1 heterocycles. The van der Waals surface area contributed by atoms with Crippen LogP contribution in [0.2, 0.25) is 0 Å². The fraction of sp³-hybridized carbons (Fsp3) is 0.875. The van der Waals surface area contributed by atoms with E-state index in [9.17, 15) is 34.8 Å². The van der Waals surface area contributed by atoms with Crippen LogP contribution in [-0.4, -0.2) is 87.9 Å². The largest absolute Gasteiger partial charge is 0.481 e. The second kappa shape index (κ2) is 12.8. The van der Waals surface area contributed by atoms with Crippen LogP contribution in [0.5, 0.6) is 0 Å². The van der Waals surface area contributed by atoms with Crippen LogP contribution in [0.1, 0.15) is 120 Å². The van der Waals surface area contributed by atoms with Gasteiger partial charge in [0.15, 0.2) is 18.5 Å². The van der Waals surface area contributed by atoms with E-state index in [-0.39, 0.29) is 47.0 Å². The van der Waals surface area contributed by atoms with Gasteiger partial charge in [0.2, 0.25) is 0 Å². The van der Waals surface area contributed by atoms with Crippen LogP contribution in [-0.2, 0) is 33.3 Å². The molecule has 0 aromatic carbocycles. The van der Waals surface area contributed by atoms with Crippen LogP contribution in [0, 0.1) is 50.2 Å². The summed E-state index contributed by atoms with van der Waals surface area (Å²) in [4.78, 5) is 36.3. The summed E-state index contributed by atoms with van der Waals surface area (Å²) in [5.41, 5.74) is -0.944. The monoisotopic (exact) mass is 718 g/mol. The molecule has 288 valence electrons. The number of carbonyl (C=O) groups excluding carboxylic acids is 2. The normalized spacial score (nSPS) is 52.2. The molecule has 5 aliphatic carbocycles. The maximum absolute atomic E-state index is 12.5. The zero-order chi connectivity index (χ0) is 37.7. The highest BCUT2D eigenvalue weighted by Crippen LogP contribution is 2.75. The zero-order valence-corrected chi connectivity index (χ0v) is 32.1. The van der Waals surface area contributed by atoms with Gasteiger partial charge >= 0.3 is 17.9 Å². The lowest BCUT2D eigenvalue weighted by Crippen LogP contribution is -2.69. The molecule has 1 unspecified atom stereocenters. The number of carbonyl (C=O) groups is 3. The molecule has 6 rings (SSSR count). The van der Waals surface area contributed by atoms with Crippen molar-refractivity contribution in [2.24, 2.45) is 50.2 Å². The number of esters is 2. The molecule has 4 N–H and O–H groups in total. The molecule has 0 bridgehead atoms. The first-order valence-electron chi connectivity index (χ1n) is 19.2. The van der Waals surface area contributed by atoms with Gasteiger partial charge in [-0.15, -0.1) is 0 Å². The summed E-state index contributed by atoms with van der Waals surface area (Å²) in [7, 11) is 0. The lowest BCUT2D eigenvalue weighted by atomic mass is 9.33. The molecule has 0 spiro atoms. The van der Waals surface area contributed by atoms with Gasteiger partial charge in [-0.2, -0.15) is 0 Å².